The number of allylic oxidation sites excluding steroid dienone is 4. The zero-order valence-electron chi connectivity index (χ0n) is 51.3. The number of likely N-dealkylation sites (tertiary alicyclic amines) is 2. The van der Waals surface area contributed by atoms with Gasteiger partial charge in [-0.15, -0.1) is 0 Å². The van der Waals surface area contributed by atoms with E-state index in [0.717, 1.165) is 122 Å². The van der Waals surface area contributed by atoms with Crippen molar-refractivity contribution in [1.29, 1.82) is 0 Å². The highest BCUT2D eigenvalue weighted by Crippen LogP contribution is 2.46. The lowest BCUT2D eigenvalue weighted by molar-refractivity contribution is -0.161. The Bertz CT molecular complexity index is 1550. The van der Waals surface area contributed by atoms with Crippen LogP contribution in [0.2, 0.25) is 0 Å². The van der Waals surface area contributed by atoms with Crippen molar-refractivity contribution in [2.75, 3.05) is 46.4 Å². The van der Waals surface area contributed by atoms with Crippen molar-refractivity contribution in [2.24, 2.45) is 28.6 Å². The summed E-state index contributed by atoms with van der Waals surface area (Å²) in [5.41, 5.74) is 1.97. The molecule has 2 aliphatic carbocycles. The maximum atomic E-state index is 13.4. The monoisotopic (exact) mass is 1060 g/mol. The molecule has 7 heteroatoms. The van der Waals surface area contributed by atoms with Crippen molar-refractivity contribution in [3.63, 3.8) is 0 Å². The predicted molar refractivity (Wildman–Crippen MR) is 327 cm³/mol. The summed E-state index contributed by atoms with van der Waals surface area (Å²) in [5, 5.41) is 0. The van der Waals surface area contributed by atoms with E-state index in [1.165, 1.54) is 166 Å². The molecule has 2 saturated heterocycles. The van der Waals surface area contributed by atoms with Gasteiger partial charge in [-0.05, 0) is 117 Å². The minimum Gasteiger partial charge on any atom is -0.462 e. The number of hydrogen-bond donors (Lipinski definition) is 0. The summed E-state index contributed by atoms with van der Waals surface area (Å²) < 4.78 is 12.6. The molecule has 0 aromatic rings. The molecule has 2 radical (unpaired) electrons. The Hall–Kier alpha value is -1.83. The number of rotatable bonds is 48. The molecule has 0 amide bonds. The van der Waals surface area contributed by atoms with Crippen molar-refractivity contribution in [2.45, 2.75) is 313 Å². The maximum Gasteiger partial charge on any atom is 0.311 e. The highest BCUT2D eigenvalue weighted by atomic mass is 16.5. The molecule has 0 aromatic heterocycles. The number of Topliss-reactive ketones (excluding diaryl/α,β-unsaturated/α-hetero) is 2. The topological polar surface area (TPSA) is 76.2 Å². The number of carbonyl (C=O) groups excluding carboxylic acids is 3. The van der Waals surface area contributed by atoms with Crippen molar-refractivity contribution in [1.82, 2.24) is 9.80 Å². The van der Waals surface area contributed by atoms with Crippen molar-refractivity contribution >= 4 is 17.5 Å². The Balaban J connectivity index is 0.000000930. The van der Waals surface area contributed by atoms with Crippen LogP contribution in [0.25, 0.3) is 0 Å². The van der Waals surface area contributed by atoms with Crippen LogP contribution in [0.1, 0.15) is 301 Å². The highest BCUT2D eigenvalue weighted by molar-refractivity contribution is 6.07. The Morgan fingerprint density at radius 2 is 1.11 bits per heavy atom. The molecule has 4 rings (SSSR count). The van der Waals surface area contributed by atoms with Gasteiger partial charge in [-0.1, -0.05) is 227 Å². The summed E-state index contributed by atoms with van der Waals surface area (Å²) in [4.78, 5) is 43.3. The van der Waals surface area contributed by atoms with Crippen LogP contribution in [-0.2, 0) is 23.9 Å². The van der Waals surface area contributed by atoms with Crippen LogP contribution < -0.4 is 0 Å². The number of esters is 1. The Morgan fingerprint density at radius 1 is 0.618 bits per heavy atom. The van der Waals surface area contributed by atoms with Crippen LogP contribution in [-0.4, -0.2) is 85.9 Å². The predicted octanol–water partition coefficient (Wildman–Crippen LogP) is 19.0. The molecule has 0 aromatic carbocycles. The van der Waals surface area contributed by atoms with Gasteiger partial charge < -0.3 is 14.4 Å². The molecular formula is C69H126N2O5. The van der Waals surface area contributed by atoms with Crippen molar-refractivity contribution in [3.8, 4) is 0 Å². The zero-order chi connectivity index (χ0) is 54.7. The van der Waals surface area contributed by atoms with E-state index in [-0.39, 0.29) is 36.6 Å². The molecule has 0 bridgehead atoms. The third kappa shape index (κ3) is 30.7. The van der Waals surface area contributed by atoms with E-state index >= 15 is 0 Å². The fourth-order valence-corrected chi connectivity index (χ4v) is 11.8. The van der Waals surface area contributed by atoms with E-state index in [4.69, 9.17) is 9.47 Å². The molecule has 0 saturated carbocycles. The summed E-state index contributed by atoms with van der Waals surface area (Å²) in [6.45, 7) is 24.6. The fourth-order valence-electron chi connectivity index (χ4n) is 11.8. The van der Waals surface area contributed by atoms with Crippen LogP contribution in [0.3, 0.4) is 0 Å². The third-order valence-corrected chi connectivity index (χ3v) is 17.8. The molecule has 2 fully saturated rings. The minimum atomic E-state index is -0.447. The Morgan fingerprint density at radius 3 is 1.66 bits per heavy atom. The van der Waals surface area contributed by atoms with Crippen LogP contribution in [0.5, 0.6) is 0 Å². The molecule has 0 N–H and O–H groups in total. The molecular weight excluding hydrogens is 937 g/mol. The molecule has 2 aliphatic heterocycles. The van der Waals surface area contributed by atoms with Crippen molar-refractivity contribution < 1.29 is 23.9 Å². The molecule has 0 spiro atoms. The summed E-state index contributed by atoms with van der Waals surface area (Å²) in [6.07, 6.45) is 51.6. The van der Waals surface area contributed by atoms with Gasteiger partial charge in [0, 0.05) is 61.5 Å². The van der Waals surface area contributed by atoms with Gasteiger partial charge in [-0.25, -0.2) is 0 Å². The van der Waals surface area contributed by atoms with Gasteiger partial charge in [0.2, 0.25) is 0 Å². The van der Waals surface area contributed by atoms with Gasteiger partial charge in [0.15, 0.2) is 5.78 Å². The molecule has 0 unspecified atom stereocenters. The molecule has 2 heterocycles. The number of carbonyl (C=O) groups is 3. The van der Waals surface area contributed by atoms with E-state index in [2.05, 4.69) is 90.8 Å². The summed E-state index contributed by atoms with van der Waals surface area (Å²) in [6, 6.07) is 0.395. The summed E-state index contributed by atoms with van der Waals surface area (Å²) >= 11 is 0. The van der Waals surface area contributed by atoms with Gasteiger partial charge >= 0.3 is 5.97 Å². The van der Waals surface area contributed by atoms with Crippen molar-refractivity contribution in [3.05, 3.63) is 35.6 Å². The number of nitrogens with zero attached hydrogens (tertiary/aromatic N) is 2. The average Bonchev–Trinajstić information content (AvgIpc) is 4.32. The fraction of sp³-hybridized carbons (Fsp3) is 0.870. The van der Waals surface area contributed by atoms with E-state index in [9.17, 15) is 14.4 Å². The number of ether oxygens (including phenoxy) is 2. The lowest BCUT2D eigenvalue weighted by atomic mass is 9.83. The minimum absolute atomic E-state index is 0. The average molecular weight is 1060 g/mol. The second-order valence-corrected chi connectivity index (χ2v) is 25.9. The second-order valence-electron chi connectivity index (χ2n) is 25.9. The van der Waals surface area contributed by atoms with Crippen LogP contribution >= 0.6 is 0 Å². The zero-order valence-corrected chi connectivity index (χ0v) is 51.3. The van der Waals surface area contributed by atoms with Crippen LogP contribution in [0, 0.1) is 40.9 Å². The number of ketones is 2. The first-order chi connectivity index (χ1) is 36.1. The largest absolute Gasteiger partial charge is 0.462 e. The highest BCUT2D eigenvalue weighted by Gasteiger charge is 2.47. The lowest BCUT2D eigenvalue weighted by Crippen LogP contribution is -2.47. The van der Waals surface area contributed by atoms with Crippen LogP contribution in [0.15, 0.2) is 23.3 Å². The summed E-state index contributed by atoms with van der Waals surface area (Å²) in [7, 11) is 2.09. The van der Waals surface area contributed by atoms with E-state index in [1.807, 2.05) is 0 Å². The third-order valence-electron chi connectivity index (χ3n) is 17.8. The summed E-state index contributed by atoms with van der Waals surface area (Å²) in [5.74, 6) is 3.62. The first kappa shape index (κ1) is 70.3. The molecule has 7 nitrogen and oxygen atoms in total. The first-order valence-electron chi connectivity index (χ1n) is 32.5. The molecule has 4 aliphatic rings. The first-order valence-corrected chi connectivity index (χ1v) is 32.5. The molecule has 442 valence electrons. The van der Waals surface area contributed by atoms with Gasteiger partial charge in [-0.2, -0.15) is 0 Å². The van der Waals surface area contributed by atoms with Gasteiger partial charge in [0.25, 0.3) is 0 Å². The van der Waals surface area contributed by atoms with E-state index < -0.39 is 5.41 Å². The second kappa shape index (κ2) is 41.2. The van der Waals surface area contributed by atoms with Gasteiger partial charge in [0.05, 0.1) is 12.0 Å². The molecule has 76 heavy (non-hydrogen) atoms. The quantitative estimate of drug-likeness (QED) is 0.0444. The SMILES string of the molecule is C.CCCCCC(CCCCC)CCCC1=C[CH]1.CCCCCCCCC(CCCCCCCC)OC(=O)C(C)(C)CCCCCCOC[C@@H]1C[C@H]([C]2C=C2C(=O)C2CN(C)C2)CN1CCCCCCC(C)(C)C(C)=O. The molecule has 2 atom stereocenters. The van der Waals surface area contributed by atoms with E-state index in [1.54, 1.807) is 12.5 Å². The normalized spacial score (nSPS) is 18.1. The van der Waals surface area contributed by atoms with E-state index in [0.29, 0.717) is 17.7 Å². The van der Waals surface area contributed by atoms with Gasteiger partial charge in [-0.3, -0.25) is 19.3 Å². The smallest absolute Gasteiger partial charge is 0.311 e. The van der Waals surface area contributed by atoms with Gasteiger partial charge in [0.1, 0.15) is 11.9 Å². The van der Waals surface area contributed by atoms with Crippen LogP contribution in [0.4, 0.5) is 0 Å². The lowest BCUT2D eigenvalue weighted by Gasteiger charge is -2.34. The number of unbranched alkanes of at least 4 members (excludes halogenated alkanes) is 20. The standard InChI is InChI=1S/C51H91N2O5.C17H31.CH4/c1-9-11-13-15-17-23-29-45(30-24-18-16-14-12-10-2)58-49(56)51(6,7)32-26-20-22-28-34-57-40-44-35-42(46-36-47(46)48(55)43-37-52(8)38-43)39-53(44)33-27-21-19-25-31-50(4,5)41(3)54;1-3-5-7-10-16(11-8-6-4-2)12-9-13-17-14-15-17;/h36,42-45H,9-35,37-40H2,1-8H3;14-16H,3-13H2,1-2H3;1H4/t42-,44-;;/m0../s1. The Labute approximate surface area is 472 Å². The number of hydrogen-bond acceptors (Lipinski definition) is 7. The Kier molecular flexibility index (Phi) is 38.1. The maximum absolute atomic E-state index is 13.4.